The predicted molar refractivity (Wildman–Crippen MR) is 125 cm³/mol. The van der Waals surface area contributed by atoms with Crippen molar-refractivity contribution in [1.29, 1.82) is 0 Å². The van der Waals surface area contributed by atoms with E-state index in [0.717, 1.165) is 16.7 Å². The lowest BCUT2D eigenvalue weighted by atomic mass is 10.0. The van der Waals surface area contributed by atoms with E-state index >= 15 is 0 Å². The Bertz CT molecular complexity index is 1170. The number of thioether (sulfide) groups is 1. The van der Waals surface area contributed by atoms with Crippen LogP contribution in [0.3, 0.4) is 0 Å². The molecule has 1 amide bonds. The number of aliphatic imine (C=N–C) groups is 1. The molecule has 3 aromatic rings. The lowest BCUT2D eigenvalue weighted by molar-refractivity contribution is -0.138. The highest BCUT2D eigenvalue weighted by Gasteiger charge is 2.23. The fourth-order valence-electron chi connectivity index (χ4n) is 3.13. The maximum Gasteiger partial charge on any atom is 0.310 e. The molecule has 1 atom stereocenters. The van der Waals surface area contributed by atoms with E-state index in [2.05, 4.69) is 22.4 Å². The van der Waals surface area contributed by atoms with Crippen molar-refractivity contribution in [2.75, 3.05) is 0 Å². The molecule has 1 aliphatic rings. The second kappa shape index (κ2) is 9.02. The zero-order valence-corrected chi connectivity index (χ0v) is 17.6. The van der Waals surface area contributed by atoms with Gasteiger partial charge in [0.05, 0.1) is 16.5 Å². The molecule has 0 radical (unpaired) electrons. The fourth-order valence-corrected chi connectivity index (χ4v) is 3.97. The summed E-state index contributed by atoms with van der Waals surface area (Å²) in [6.45, 7) is 1.64. The summed E-state index contributed by atoms with van der Waals surface area (Å²) >= 11 is 1.28. The largest absolute Gasteiger partial charge is 0.481 e. The van der Waals surface area contributed by atoms with Crippen LogP contribution in [0.25, 0.3) is 17.2 Å². The summed E-state index contributed by atoms with van der Waals surface area (Å²) in [6, 6.07) is 25.1. The van der Waals surface area contributed by atoms with E-state index in [1.807, 2.05) is 48.5 Å². The van der Waals surface area contributed by atoms with E-state index in [9.17, 15) is 9.59 Å². The van der Waals surface area contributed by atoms with Crippen LogP contribution in [0.2, 0.25) is 0 Å². The molecule has 31 heavy (non-hydrogen) atoms. The van der Waals surface area contributed by atoms with Gasteiger partial charge in [-0.05, 0) is 59.1 Å². The second-order valence-electron chi connectivity index (χ2n) is 7.12. The highest BCUT2D eigenvalue weighted by atomic mass is 32.2. The average Bonchev–Trinajstić information content (AvgIpc) is 3.13. The Morgan fingerprint density at radius 2 is 1.61 bits per heavy atom. The normalized spacial score (nSPS) is 17.0. The van der Waals surface area contributed by atoms with E-state index in [1.165, 1.54) is 11.8 Å². The van der Waals surface area contributed by atoms with Gasteiger partial charge in [-0.25, -0.2) is 4.99 Å². The maximum absolute atomic E-state index is 12.3. The first-order chi connectivity index (χ1) is 15.0. The number of aliphatic carboxylic acids is 1. The minimum Gasteiger partial charge on any atom is -0.481 e. The minimum absolute atomic E-state index is 0.188. The van der Waals surface area contributed by atoms with Crippen LogP contribution in [0, 0.1) is 0 Å². The lowest BCUT2D eigenvalue weighted by Crippen LogP contribution is -2.19. The van der Waals surface area contributed by atoms with Gasteiger partial charge in [0, 0.05) is 0 Å². The number of nitrogens with zero attached hydrogens (tertiary/aromatic N) is 1. The first-order valence-electron chi connectivity index (χ1n) is 9.77. The Morgan fingerprint density at radius 3 is 2.26 bits per heavy atom. The van der Waals surface area contributed by atoms with E-state index in [0.29, 0.717) is 21.3 Å². The van der Waals surface area contributed by atoms with E-state index < -0.39 is 11.9 Å². The second-order valence-corrected chi connectivity index (χ2v) is 8.15. The van der Waals surface area contributed by atoms with E-state index in [-0.39, 0.29) is 5.91 Å². The molecule has 0 saturated carbocycles. The van der Waals surface area contributed by atoms with Crippen LogP contribution < -0.4 is 5.32 Å². The monoisotopic (exact) mass is 428 g/mol. The van der Waals surface area contributed by atoms with Crippen LogP contribution >= 0.6 is 11.8 Å². The number of amidine groups is 1. The number of carboxylic acid groups (broad SMARTS) is 1. The quantitative estimate of drug-likeness (QED) is 0.531. The number of carbonyl (C=O) groups excluding carboxylic acids is 1. The molecule has 2 N–H and O–H groups in total. The van der Waals surface area contributed by atoms with Crippen molar-refractivity contribution in [1.82, 2.24) is 5.32 Å². The van der Waals surface area contributed by atoms with Gasteiger partial charge in [-0.2, -0.15) is 0 Å². The number of carbonyl (C=O) groups is 2. The van der Waals surface area contributed by atoms with Crippen molar-refractivity contribution < 1.29 is 14.7 Å². The highest BCUT2D eigenvalue weighted by Crippen LogP contribution is 2.29. The zero-order valence-electron chi connectivity index (χ0n) is 16.8. The van der Waals surface area contributed by atoms with E-state index in [1.54, 1.807) is 31.2 Å². The minimum atomic E-state index is -0.871. The topological polar surface area (TPSA) is 78.8 Å². The van der Waals surface area contributed by atoms with Crippen LogP contribution in [-0.2, 0) is 9.59 Å². The Morgan fingerprint density at radius 1 is 0.968 bits per heavy atom. The molecule has 0 bridgehead atoms. The van der Waals surface area contributed by atoms with E-state index in [4.69, 9.17) is 5.11 Å². The zero-order chi connectivity index (χ0) is 21.8. The van der Waals surface area contributed by atoms with Gasteiger partial charge in [0.25, 0.3) is 5.91 Å². The molecule has 0 aliphatic carbocycles. The van der Waals surface area contributed by atoms with Crippen LogP contribution in [0.4, 0.5) is 5.69 Å². The molecule has 0 aromatic heterocycles. The van der Waals surface area contributed by atoms with Crippen molar-refractivity contribution in [3.8, 4) is 11.1 Å². The molecule has 1 unspecified atom stereocenters. The molecule has 6 heteroatoms. The maximum atomic E-state index is 12.3. The molecular weight excluding hydrogens is 408 g/mol. The summed E-state index contributed by atoms with van der Waals surface area (Å²) in [6.07, 6.45) is 1.84. The Balaban J connectivity index is 1.47. The van der Waals surface area contributed by atoms with Gasteiger partial charge in [-0.3, -0.25) is 9.59 Å². The number of nitrogens with one attached hydrogen (secondary N) is 1. The SMILES string of the molecule is CC(C(=O)O)c1ccc(N=C2NC(=O)/C(=C/c3ccc(-c4ccccc4)cc3)S2)cc1. The molecule has 1 aliphatic heterocycles. The van der Waals surface area contributed by atoms with Gasteiger partial charge in [0.2, 0.25) is 0 Å². The molecule has 154 valence electrons. The van der Waals surface area contributed by atoms with Crippen molar-refractivity contribution in [3.05, 3.63) is 94.9 Å². The van der Waals surface area contributed by atoms with Gasteiger partial charge < -0.3 is 10.4 Å². The predicted octanol–water partition coefficient (Wildman–Crippen LogP) is 5.43. The number of carboxylic acids is 1. The number of rotatable bonds is 5. The third kappa shape index (κ3) is 4.92. The number of hydrogen-bond acceptors (Lipinski definition) is 4. The van der Waals surface area contributed by atoms with Crippen molar-refractivity contribution >= 4 is 40.6 Å². The standard InChI is InChI=1S/C25H20N2O3S/c1-16(24(29)30)18-11-13-21(14-12-18)26-25-27-23(28)22(31-25)15-17-7-9-20(10-8-17)19-5-3-2-4-6-19/h2-16H,1H3,(H,29,30)(H,26,27,28)/b22-15-. The molecular formula is C25H20N2O3S. The summed E-state index contributed by atoms with van der Waals surface area (Å²) in [5, 5.41) is 12.4. The van der Waals surface area contributed by atoms with Crippen LogP contribution in [0.5, 0.6) is 0 Å². The third-order valence-electron chi connectivity index (χ3n) is 4.96. The van der Waals surface area contributed by atoms with Crippen molar-refractivity contribution in [3.63, 3.8) is 0 Å². The number of amides is 1. The van der Waals surface area contributed by atoms with Crippen LogP contribution in [0.1, 0.15) is 24.0 Å². The van der Waals surface area contributed by atoms with Crippen molar-refractivity contribution in [2.45, 2.75) is 12.8 Å². The average molecular weight is 429 g/mol. The summed E-state index contributed by atoms with van der Waals surface area (Å²) in [4.78, 5) is 28.5. The first kappa shape index (κ1) is 20.6. The van der Waals surface area contributed by atoms with Crippen LogP contribution in [0.15, 0.2) is 88.8 Å². The highest BCUT2D eigenvalue weighted by molar-refractivity contribution is 8.18. The Hall–Kier alpha value is -3.64. The van der Waals surface area contributed by atoms with Gasteiger partial charge >= 0.3 is 5.97 Å². The lowest BCUT2D eigenvalue weighted by Gasteiger charge is -2.06. The third-order valence-corrected chi connectivity index (χ3v) is 5.87. The number of hydrogen-bond donors (Lipinski definition) is 2. The Labute approximate surface area is 184 Å². The van der Waals surface area contributed by atoms with Gasteiger partial charge in [-0.15, -0.1) is 0 Å². The summed E-state index contributed by atoms with van der Waals surface area (Å²) in [7, 11) is 0. The molecule has 0 spiro atoms. The van der Waals surface area contributed by atoms with Crippen LogP contribution in [-0.4, -0.2) is 22.2 Å². The molecule has 3 aromatic carbocycles. The van der Waals surface area contributed by atoms with Crippen molar-refractivity contribution in [2.24, 2.45) is 4.99 Å². The number of benzene rings is 3. The molecule has 1 heterocycles. The Kier molecular flexibility index (Phi) is 6.00. The smallest absolute Gasteiger partial charge is 0.310 e. The molecule has 5 nitrogen and oxygen atoms in total. The molecule has 1 saturated heterocycles. The molecule has 1 fully saturated rings. The summed E-state index contributed by atoms with van der Waals surface area (Å²) in [5.41, 5.74) is 4.56. The summed E-state index contributed by atoms with van der Waals surface area (Å²) < 4.78 is 0. The van der Waals surface area contributed by atoms with Gasteiger partial charge in [-0.1, -0.05) is 66.7 Å². The fraction of sp³-hybridized carbons (Fsp3) is 0.0800. The summed E-state index contributed by atoms with van der Waals surface area (Å²) in [5.74, 6) is -1.64. The molecule has 4 rings (SSSR count). The first-order valence-corrected chi connectivity index (χ1v) is 10.6. The van der Waals surface area contributed by atoms with Gasteiger partial charge in [0.1, 0.15) is 0 Å². The van der Waals surface area contributed by atoms with Gasteiger partial charge in [0.15, 0.2) is 5.17 Å².